The van der Waals surface area contributed by atoms with Crippen LogP contribution in [0.4, 0.5) is 0 Å². The fourth-order valence-corrected chi connectivity index (χ4v) is 3.61. The van der Waals surface area contributed by atoms with Gasteiger partial charge in [0.05, 0.1) is 18.0 Å². The van der Waals surface area contributed by atoms with Crippen molar-refractivity contribution in [1.29, 1.82) is 0 Å². The molecular formula is C22H30N4O. The minimum Gasteiger partial charge on any atom is -0.396 e. The Morgan fingerprint density at radius 1 is 1.11 bits per heavy atom. The zero-order valence-corrected chi connectivity index (χ0v) is 17.2. The maximum Gasteiger partial charge on any atom is 0.159 e. The minimum absolute atomic E-state index is 0.0893. The van der Waals surface area contributed by atoms with E-state index in [0.717, 1.165) is 57.9 Å². The lowest BCUT2D eigenvalue weighted by Crippen LogP contribution is -2.04. The number of aromatic nitrogens is 4. The van der Waals surface area contributed by atoms with E-state index < -0.39 is 0 Å². The van der Waals surface area contributed by atoms with Gasteiger partial charge in [-0.25, -0.2) is 9.97 Å². The molecule has 0 saturated carbocycles. The predicted molar refractivity (Wildman–Crippen MR) is 110 cm³/mol. The van der Waals surface area contributed by atoms with E-state index in [2.05, 4.69) is 46.0 Å². The molecular weight excluding hydrogens is 336 g/mol. The summed E-state index contributed by atoms with van der Waals surface area (Å²) < 4.78 is 2.01. The topological polar surface area (TPSA) is 63.8 Å². The summed E-state index contributed by atoms with van der Waals surface area (Å²) >= 11 is 0. The van der Waals surface area contributed by atoms with Crippen molar-refractivity contribution in [2.24, 2.45) is 7.05 Å². The molecule has 5 nitrogen and oxygen atoms in total. The first-order valence-corrected chi connectivity index (χ1v) is 9.85. The molecule has 1 atom stereocenters. The van der Waals surface area contributed by atoms with Crippen molar-refractivity contribution in [3.05, 3.63) is 41.0 Å². The highest BCUT2D eigenvalue weighted by molar-refractivity contribution is 5.80. The van der Waals surface area contributed by atoms with Crippen molar-refractivity contribution in [3.8, 4) is 11.3 Å². The van der Waals surface area contributed by atoms with Crippen molar-refractivity contribution >= 4 is 11.2 Å². The molecule has 0 fully saturated rings. The predicted octanol–water partition coefficient (Wildman–Crippen LogP) is 4.51. The van der Waals surface area contributed by atoms with Gasteiger partial charge in [-0.05, 0) is 37.8 Å². The van der Waals surface area contributed by atoms with Gasteiger partial charge in [-0.3, -0.25) is 4.98 Å². The molecule has 3 rings (SSSR count). The average Bonchev–Trinajstić information content (AvgIpc) is 2.97. The molecule has 0 spiro atoms. The summed E-state index contributed by atoms with van der Waals surface area (Å²) in [7, 11) is 1.99. The van der Waals surface area contributed by atoms with Crippen molar-refractivity contribution in [2.45, 2.75) is 59.3 Å². The highest BCUT2D eigenvalue weighted by Gasteiger charge is 2.20. The molecule has 0 unspecified atom stereocenters. The number of fused-ring (bicyclic) bond motifs is 1. The molecule has 3 heterocycles. The van der Waals surface area contributed by atoms with E-state index in [4.69, 9.17) is 15.0 Å². The largest absolute Gasteiger partial charge is 0.396 e. The van der Waals surface area contributed by atoms with Gasteiger partial charge in [0, 0.05) is 41.7 Å². The van der Waals surface area contributed by atoms with Crippen molar-refractivity contribution in [1.82, 2.24) is 19.5 Å². The Kier molecular flexibility index (Phi) is 5.61. The molecule has 5 heteroatoms. The first-order valence-electron chi connectivity index (χ1n) is 9.85. The number of aliphatic hydroxyl groups excluding tert-OH is 1. The van der Waals surface area contributed by atoms with Crippen LogP contribution in [0.2, 0.25) is 0 Å². The third-order valence-electron chi connectivity index (χ3n) is 5.32. The van der Waals surface area contributed by atoms with E-state index in [1.165, 1.54) is 0 Å². The van der Waals surface area contributed by atoms with Crippen LogP contribution >= 0.6 is 0 Å². The van der Waals surface area contributed by atoms with Crippen LogP contribution in [0.25, 0.3) is 22.4 Å². The van der Waals surface area contributed by atoms with Gasteiger partial charge in [0.25, 0.3) is 0 Å². The first-order chi connectivity index (χ1) is 12.9. The highest BCUT2D eigenvalue weighted by atomic mass is 16.3. The number of nitrogens with zero attached hydrogens (tertiary/aromatic N) is 4. The molecule has 3 aromatic rings. The van der Waals surface area contributed by atoms with Crippen LogP contribution in [0.5, 0.6) is 0 Å². The van der Waals surface area contributed by atoms with Crippen LogP contribution in [-0.4, -0.2) is 31.2 Å². The summed E-state index contributed by atoms with van der Waals surface area (Å²) in [4.78, 5) is 14.7. The third kappa shape index (κ3) is 3.48. The first kappa shape index (κ1) is 19.5. The number of rotatable bonds is 6. The zero-order valence-electron chi connectivity index (χ0n) is 17.2. The molecule has 144 valence electrons. The Morgan fingerprint density at radius 2 is 1.85 bits per heavy atom. The minimum atomic E-state index is 0.0893. The number of pyridine rings is 1. The Balaban J connectivity index is 2.20. The van der Waals surface area contributed by atoms with Crippen LogP contribution in [-0.2, 0) is 13.5 Å². The third-order valence-corrected chi connectivity index (χ3v) is 5.32. The Labute approximate surface area is 161 Å². The molecule has 3 aromatic heterocycles. The fourth-order valence-electron chi connectivity index (χ4n) is 3.61. The second kappa shape index (κ2) is 7.77. The van der Waals surface area contributed by atoms with Gasteiger partial charge < -0.3 is 9.67 Å². The normalized spacial score (nSPS) is 12.9. The summed E-state index contributed by atoms with van der Waals surface area (Å²) in [6.07, 6.45) is 3.79. The van der Waals surface area contributed by atoms with Crippen LogP contribution in [0.3, 0.4) is 0 Å². The van der Waals surface area contributed by atoms with Gasteiger partial charge in [0.15, 0.2) is 5.65 Å². The number of hydrogen-bond acceptors (Lipinski definition) is 4. The molecule has 0 radical (unpaired) electrons. The van der Waals surface area contributed by atoms with Crippen LogP contribution in [0, 0.1) is 6.92 Å². The second-order valence-electron chi connectivity index (χ2n) is 7.55. The van der Waals surface area contributed by atoms with Crippen LogP contribution < -0.4 is 0 Å². The Bertz CT molecular complexity index is 955. The monoisotopic (exact) mass is 366 g/mol. The molecule has 0 aliphatic carbocycles. The summed E-state index contributed by atoms with van der Waals surface area (Å²) in [5, 5.41) is 9.72. The van der Waals surface area contributed by atoms with E-state index in [9.17, 15) is 5.11 Å². The zero-order chi connectivity index (χ0) is 19.7. The lowest BCUT2D eigenvalue weighted by Gasteiger charge is -2.13. The van der Waals surface area contributed by atoms with Crippen molar-refractivity contribution < 1.29 is 5.11 Å². The second-order valence-corrected chi connectivity index (χ2v) is 7.55. The van der Waals surface area contributed by atoms with Gasteiger partial charge in [-0.2, -0.15) is 0 Å². The smallest absolute Gasteiger partial charge is 0.159 e. The summed E-state index contributed by atoms with van der Waals surface area (Å²) in [6, 6.07) is 4.23. The molecule has 0 aliphatic heterocycles. The van der Waals surface area contributed by atoms with E-state index in [-0.39, 0.29) is 12.5 Å². The fraction of sp³-hybridized carbons (Fsp3) is 0.500. The quantitative estimate of drug-likeness (QED) is 0.697. The maximum absolute atomic E-state index is 9.72. The lowest BCUT2D eigenvalue weighted by atomic mass is 9.99. The molecule has 1 N–H and O–H groups in total. The number of aliphatic hydroxyl groups is 1. The summed E-state index contributed by atoms with van der Waals surface area (Å²) in [5.74, 6) is 0.491. The van der Waals surface area contributed by atoms with Crippen LogP contribution in [0.15, 0.2) is 18.3 Å². The maximum atomic E-state index is 9.72. The Morgan fingerprint density at radius 3 is 2.44 bits per heavy atom. The van der Waals surface area contributed by atoms with E-state index in [1.807, 2.05) is 18.5 Å². The van der Waals surface area contributed by atoms with E-state index in [1.54, 1.807) is 0 Å². The standard InChI is InChI=1S/C22H30N4O/c1-7-15(12-27)17-11-26(6)22-21(17)23-14(5)20(25-22)16-9-10-19(13(3)4)24-18(16)8-2/h9-11,13,15,27H,7-8,12H2,1-6H3/t15-/m1/s1. The molecule has 27 heavy (non-hydrogen) atoms. The van der Waals surface area contributed by atoms with Gasteiger partial charge >= 0.3 is 0 Å². The van der Waals surface area contributed by atoms with Crippen molar-refractivity contribution in [3.63, 3.8) is 0 Å². The number of hydrogen-bond donors (Lipinski definition) is 1. The molecule has 0 bridgehead atoms. The molecule has 0 saturated heterocycles. The van der Waals surface area contributed by atoms with Crippen molar-refractivity contribution in [2.75, 3.05) is 6.61 Å². The van der Waals surface area contributed by atoms with Gasteiger partial charge in [0.2, 0.25) is 0 Å². The summed E-state index contributed by atoms with van der Waals surface area (Å²) in [6.45, 7) is 10.7. The van der Waals surface area contributed by atoms with Gasteiger partial charge in [0.1, 0.15) is 5.52 Å². The highest BCUT2D eigenvalue weighted by Crippen LogP contribution is 2.31. The molecule has 0 aliphatic rings. The lowest BCUT2D eigenvalue weighted by molar-refractivity contribution is 0.263. The SMILES string of the molecule is CCc1nc(C(C)C)ccc1-c1nc2c(nc1C)c([C@H](CC)CO)cn2C. The summed E-state index contributed by atoms with van der Waals surface area (Å²) in [5.41, 5.74) is 7.85. The average molecular weight is 367 g/mol. The number of aryl methyl sites for hydroxylation is 3. The Hall–Kier alpha value is -2.27. The van der Waals surface area contributed by atoms with Gasteiger partial charge in [-0.1, -0.05) is 27.7 Å². The van der Waals surface area contributed by atoms with E-state index >= 15 is 0 Å². The molecule has 0 amide bonds. The van der Waals surface area contributed by atoms with Gasteiger partial charge in [-0.15, -0.1) is 0 Å². The molecule has 0 aromatic carbocycles. The van der Waals surface area contributed by atoms with E-state index in [0.29, 0.717) is 5.92 Å². The van der Waals surface area contributed by atoms with Crippen LogP contribution in [0.1, 0.15) is 68.6 Å².